The number of rotatable bonds is 5. The monoisotopic (exact) mass is 561 g/mol. The van der Waals surface area contributed by atoms with E-state index in [0.29, 0.717) is 43.9 Å². The number of nitrogens with zero attached hydrogens (tertiary/aromatic N) is 2. The number of aromatic nitrogens is 2. The Morgan fingerprint density at radius 3 is 2.41 bits per heavy atom. The third kappa shape index (κ3) is 4.65. The van der Waals surface area contributed by atoms with Crippen LogP contribution in [0, 0.1) is 17.6 Å². The number of aliphatic hydroxyl groups is 1. The normalized spacial score (nSPS) is 25.7. The number of amides is 1. The number of aliphatic hydroxyl groups excluding tert-OH is 1. The van der Waals surface area contributed by atoms with E-state index < -0.39 is 17.7 Å². The molecule has 0 aliphatic carbocycles. The molecule has 2 N–H and O–H groups in total. The number of hydrogen-bond acceptors (Lipinski definition) is 6. The second-order valence-corrected chi connectivity index (χ2v) is 11.1. The van der Waals surface area contributed by atoms with Gasteiger partial charge in [-0.15, -0.1) is 0 Å². The number of carbonyl (C=O) groups excluding carboxylic acids is 1. The average Bonchev–Trinajstić information content (AvgIpc) is 3.76. The molecule has 3 aliphatic rings. The van der Waals surface area contributed by atoms with E-state index in [2.05, 4.69) is 16.9 Å². The van der Waals surface area contributed by atoms with Crippen molar-refractivity contribution in [1.82, 2.24) is 14.9 Å². The van der Waals surface area contributed by atoms with Crippen molar-refractivity contribution in [2.75, 3.05) is 26.3 Å². The van der Waals surface area contributed by atoms with E-state index >= 15 is 8.78 Å². The molecule has 0 spiro atoms. The number of imidazole rings is 1. The highest BCUT2D eigenvalue weighted by atomic mass is 19.1. The largest absolute Gasteiger partial charge is 0.456 e. The molecular weight excluding hydrogens is 532 g/mol. The van der Waals surface area contributed by atoms with Crippen LogP contribution in [-0.2, 0) is 9.47 Å². The van der Waals surface area contributed by atoms with Gasteiger partial charge in [0.25, 0.3) is 11.9 Å². The predicted molar refractivity (Wildman–Crippen MR) is 146 cm³/mol. The number of nitrogens with one attached hydrogen (secondary N) is 1. The fraction of sp³-hybridized carbons (Fsp3) is 0.355. The van der Waals surface area contributed by atoms with Crippen LogP contribution in [0.3, 0.4) is 0 Å². The summed E-state index contributed by atoms with van der Waals surface area (Å²) in [4.78, 5) is 21.5. The number of ether oxygens (including phenoxy) is 3. The van der Waals surface area contributed by atoms with Crippen molar-refractivity contribution in [1.29, 1.82) is 0 Å². The molecule has 0 saturated carbocycles. The molecule has 3 aromatic carbocycles. The summed E-state index contributed by atoms with van der Waals surface area (Å²) in [6, 6.07) is 15.4. The lowest BCUT2D eigenvalue weighted by Crippen LogP contribution is -2.33. The Morgan fingerprint density at radius 2 is 1.71 bits per heavy atom. The van der Waals surface area contributed by atoms with Crippen molar-refractivity contribution < 1.29 is 32.9 Å². The molecule has 3 saturated heterocycles. The van der Waals surface area contributed by atoms with Crippen LogP contribution in [0.25, 0.3) is 33.3 Å². The molecule has 10 heteroatoms. The van der Waals surface area contributed by atoms with E-state index in [1.54, 1.807) is 41.3 Å². The molecule has 7 rings (SSSR count). The summed E-state index contributed by atoms with van der Waals surface area (Å²) in [6.07, 6.45) is -0.527. The van der Waals surface area contributed by atoms with Crippen LogP contribution in [0.15, 0.2) is 54.6 Å². The first-order valence-electron chi connectivity index (χ1n) is 13.8. The maximum Gasteiger partial charge on any atom is 0.295 e. The molecule has 8 nitrogen and oxygen atoms in total. The molecule has 3 aliphatic heterocycles. The molecule has 4 aromatic rings. The van der Waals surface area contributed by atoms with Gasteiger partial charge in [0.05, 0.1) is 36.5 Å². The van der Waals surface area contributed by atoms with Gasteiger partial charge in [0, 0.05) is 30.6 Å². The van der Waals surface area contributed by atoms with Crippen LogP contribution in [0.4, 0.5) is 8.78 Å². The molecule has 5 atom stereocenters. The van der Waals surface area contributed by atoms with Crippen molar-refractivity contribution in [3.63, 3.8) is 0 Å². The zero-order chi connectivity index (χ0) is 28.2. The zero-order valence-electron chi connectivity index (χ0n) is 22.3. The number of benzene rings is 3. The average molecular weight is 562 g/mol. The van der Waals surface area contributed by atoms with Crippen LogP contribution in [0.5, 0.6) is 6.01 Å². The van der Waals surface area contributed by atoms with Crippen LogP contribution >= 0.6 is 0 Å². The van der Waals surface area contributed by atoms with Gasteiger partial charge >= 0.3 is 0 Å². The zero-order valence-corrected chi connectivity index (χ0v) is 22.3. The highest BCUT2D eigenvalue weighted by molar-refractivity contribution is 5.95. The number of aromatic amines is 1. The van der Waals surface area contributed by atoms with E-state index in [1.807, 2.05) is 12.1 Å². The minimum Gasteiger partial charge on any atom is -0.456 e. The van der Waals surface area contributed by atoms with Crippen molar-refractivity contribution in [3.8, 4) is 28.3 Å². The molecule has 1 amide bonds. The SMILES string of the molecule is C[C@H]1COC2C1OC[C@@H]2Oc1nc2c(F)c(-c3ccc(-c4ccc(C(=O)N5CC[C@@H](O)C5)cc4)cc3)c(F)cc2[nH]1. The van der Waals surface area contributed by atoms with E-state index in [0.717, 1.165) is 11.1 Å². The van der Waals surface area contributed by atoms with Gasteiger partial charge < -0.3 is 29.2 Å². The lowest BCUT2D eigenvalue weighted by atomic mass is 9.98. The number of carbonyl (C=O) groups is 1. The highest BCUT2D eigenvalue weighted by Gasteiger charge is 2.47. The molecule has 2 unspecified atom stereocenters. The van der Waals surface area contributed by atoms with Gasteiger partial charge in [0.2, 0.25) is 0 Å². The van der Waals surface area contributed by atoms with Crippen LogP contribution < -0.4 is 4.74 Å². The third-order valence-electron chi connectivity index (χ3n) is 8.26. The number of halogens is 2. The topological polar surface area (TPSA) is 96.9 Å². The third-order valence-corrected chi connectivity index (χ3v) is 8.26. The van der Waals surface area contributed by atoms with Crippen LogP contribution in [0.2, 0.25) is 0 Å². The van der Waals surface area contributed by atoms with Gasteiger partial charge in [-0.25, -0.2) is 8.78 Å². The molecule has 0 bridgehead atoms. The number of fused-ring (bicyclic) bond motifs is 2. The van der Waals surface area contributed by atoms with Crippen LogP contribution in [-0.4, -0.2) is 76.6 Å². The summed E-state index contributed by atoms with van der Waals surface area (Å²) in [6.45, 7) is 3.87. The van der Waals surface area contributed by atoms with Gasteiger partial charge in [-0.05, 0) is 35.2 Å². The molecule has 1 aromatic heterocycles. The Bertz CT molecular complexity index is 1610. The van der Waals surface area contributed by atoms with Crippen molar-refractivity contribution >= 4 is 16.9 Å². The van der Waals surface area contributed by atoms with Gasteiger partial charge in [-0.2, -0.15) is 4.98 Å². The molecular formula is C31H29F2N3O5. The maximum absolute atomic E-state index is 15.6. The highest BCUT2D eigenvalue weighted by Crippen LogP contribution is 2.35. The van der Waals surface area contributed by atoms with Crippen molar-refractivity contribution in [3.05, 3.63) is 71.8 Å². The Labute approximate surface area is 234 Å². The Balaban J connectivity index is 1.10. The summed E-state index contributed by atoms with van der Waals surface area (Å²) in [5.74, 6) is -1.34. The van der Waals surface area contributed by atoms with Crippen molar-refractivity contribution in [2.45, 2.75) is 37.8 Å². The molecule has 3 fully saturated rings. The summed E-state index contributed by atoms with van der Waals surface area (Å²) in [5.41, 5.74) is 2.63. The van der Waals surface area contributed by atoms with Gasteiger partial charge in [0.15, 0.2) is 11.9 Å². The summed E-state index contributed by atoms with van der Waals surface area (Å²) >= 11 is 0. The van der Waals surface area contributed by atoms with E-state index in [-0.39, 0.29) is 52.7 Å². The predicted octanol–water partition coefficient (Wildman–Crippen LogP) is 4.56. The van der Waals surface area contributed by atoms with Gasteiger partial charge in [0.1, 0.15) is 17.4 Å². The first-order valence-corrected chi connectivity index (χ1v) is 13.8. The molecule has 41 heavy (non-hydrogen) atoms. The lowest BCUT2D eigenvalue weighted by Gasteiger charge is -2.15. The smallest absolute Gasteiger partial charge is 0.295 e. The summed E-state index contributed by atoms with van der Waals surface area (Å²) in [5, 5.41) is 9.71. The fourth-order valence-electron chi connectivity index (χ4n) is 6.02. The quantitative estimate of drug-likeness (QED) is 0.371. The summed E-state index contributed by atoms with van der Waals surface area (Å²) in [7, 11) is 0. The Hall–Kier alpha value is -3.86. The first kappa shape index (κ1) is 26.1. The fourth-order valence-corrected chi connectivity index (χ4v) is 6.02. The van der Waals surface area contributed by atoms with Crippen molar-refractivity contribution in [2.24, 2.45) is 5.92 Å². The Morgan fingerprint density at radius 1 is 1.02 bits per heavy atom. The van der Waals surface area contributed by atoms with Crippen LogP contribution in [0.1, 0.15) is 23.7 Å². The van der Waals surface area contributed by atoms with E-state index in [9.17, 15) is 9.90 Å². The second kappa shape index (κ2) is 10.2. The van der Waals surface area contributed by atoms with Gasteiger partial charge in [-0.3, -0.25) is 4.79 Å². The number of H-pyrrole nitrogens is 1. The second-order valence-electron chi connectivity index (χ2n) is 11.1. The molecule has 0 radical (unpaired) electrons. The standard InChI is InChI=1S/C31H29F2N3O5/c1-16-14-39-29-24(15-40-28(16)29)41-31-34-23-12-22(32)25(26(33)27(23)35-31)19-6-2-17(3-7-19)18-4-8-20(9-5-18)30(38)36-11-10-21(37)13-36/h2-9,12,16,21,24,28-29,37H,10-11,13-15H2,1H3,(H,34,35)/t16-,21+,24-,28?,29?/m0/s1. The lowest BCUT2D eigenvalue weighted by molar-refractivity contribution is 0.0262. The number of β-amino-alcohol motifs (C(OH)–C–C–N with tert-alkyl or cyclic N) is 1. The summed E-state index contributed by atoms with van der Waals surface area (Å²) < 4.78 is 48.3. The molecule has 212 valence electrons. The Kier molecular flexibility index (Phi) is 6.49. The minimum atomic E-state index is -0.778. The van der Waals surface area contributed by atoms with E-state index in [1.165, 1.54) is 6.07 Å². The van der Waals surface area contributed by atoms with Gasteiger partial charge in [-0.1, -0.05) is 43.3 Å². The van der Waals surface area contributed by atoms with E-state index in [4.69, 9.17) is 14.2 Å². The first-order chi connectivity index (χ1) is 19.9. The minimum absolute atomic E-state index is 0.0116. The number of hydrogen-bond donors (Lipinski definition) is 2. The molecule has 4 heterocycles. The maximum atomic E-state index is 15.6. The number of likely N-dealkylation sites (tertiary alicyclic amines) is 1.